The van der Waals surface area contributed by atoms with E-state index in [1.54, 1.807) is 6.26 Å². The molecule has 0 aliphatic carbocycles. The van der Waals surface area contributed by atoms with Gasteiger partial charge in [-0.15, -0.1) is 0 Å². The summed E-state index contributed by atoms with van der Waals surface area (Å²) in [7, 11) is 1.84. The Morgan fingerprint density at radius 2 is 1.94 bits per heavy atom. The van der Waals surface area contributed by atoms with Crippen molar-refractivity contribution in [3.8, 4) is 5.75 Å². The van der Waals surface area contributed by atoms with Gasteiger partial charge in [0, 0.05) is 72.0 Å². The van der Waals surface area contributed by atoms with Crippen molar-refractivity contribution in [2.24, 2.45) is 4.99 Å². The van der Waals surface area contributed by atoms with Crippen LogP contribution in [0.3, 0.4) is 0 Å². The summed E-state index contributed by atoms with van der Waals surface area (Å²) in [5.74, 6) is 1.85. The summed E-state index contributed by atoms with van der Waals surface area (Å²) in [6, 6.07) is 10.2. The standard InChI is InChI=1S/C23H34N6O3/c1-24-23(29-8-6-28(7-9-29)19-21-5-13-32-26-21)25-18-20-3-2-4-22(17-20)31-16-12-27-10-14-30-15-11-27/h2-5,13,17H,6-12,14-16,18-19H2,1H3,(H,24,25). The van der Waals surface area contributed by atoms with E-state index in [-0.39, 0.29) is 0 Å². The van der Waals surface area contributed by atoms with Crippen LogP contribution in [0.1, 0.15) is 11.3 Å². The van der Waals surface area contributed by atoms with Crippen molar-refractivity contribution in [2.45, 2.75) is 13.1 Å². The average Bonchev–Trinajstić information content (AvgIpc) is 3.35. The molecule has 2 aliphatic heterocycles. The number of hydrogen-bond acceptors (Lipinski definition) is 7. The molecule has 1 aromatic heterocycles. The third-order valence-corrected chi connectivity index (χ3v) is 5.89. The molecular formula is C23H34N6O3. The molecule has 0 spiro atoms. The molecule has 0 amide bonds. The largest absolute Gasteiger partial charge is 0.492 e. The first-order valence-corrected chi connectivity index (χ1v) is 11.4. The zero-order valence-electron chi connectivity index (χ0n) is 18.9. The Kier molecular flexibility index (Phi) is 8.35. The van der Waals surface area contributed by atoms with Crippen molar-refractivity contribution in [3.05, 3.63) is 47.9 Å². The van der Waals surface area contributed by atoms with Crippen molar-refractivity contribution in [2.75, 3.05) is 72.7 Å². The van der Waals surface area contributed by atoms with Crippen molar-refractivity contribution in [1.29, 1.82) is 0 Å². The highest BCUT2D eigenvalue weighted by Gasteiger charge is 2.20. The van der Waals surface area contributed by atoms with Gasteiger partial charge in [-0.05, 0) is 17.7 Å². The first kappa shape index (κ1) is 22.6. The first-order chi connectivity index (χ1) is 15.8. The van der Waals surface area contributed by atoms with E-state index in [4.69, 9.17) is 14.0 Å². The molecule has 4 rings (SSSR count). The number of ether oxygens (including phenoxy) is 2. The van der Waals surface area contributed by atoms with Crippen LogP contribution in [-0.4, -0.2) is 98.5 Å². The fourth-order valence-electron chi connectivity index (χ4n) is 4.04. The second-order valence-corrected chi connectivity index (χ2v) is 8.10. The van der Waals surface area contributed by atoms with Crippen LogP contribution in [-0.2, 0) is 17.8 Å². The molecule has 0 unspecified atom stereocenters. The maximum atomic E-state index is 5.99. The minimum absolute atomic E-state index is 0.692. The monoisotopic (exact) mass is 442 g/mol. The number of nitrogens with one attached hydrogen (secondary N) is 1. The Balaban J connectivity index is 1.19. The number of benzene rings is 1. The number of nitrogens with zero attached hydrogens (tertiary/aromatic N) is 5. The molecule has 2 aromatic rings. The number of piperazine rings is 1. The second-order valence-electron chi connectivity index (χ2n) is 8.10. The van der Waals surface area contributed by atoms with E-state index >= 15 is 0 Å². The van der Waals surface area contributed by atoms with E-state index in [2.05, 4.69) is 42.3 Å². The molecular weight excluding hydrogens is 408 g/mol. The molecule has 9 heteroatoms. The second kappa shape index (κ2) is 11.8. The molecule has 2 saturated heterocycles. The minimum Gasteiger partial charge on any atom is -0.492 e. The van der Waals surface area contributed by atoms with E-state index in [0.29, 0.717) is 13.2 Å². The highest BCUT2D eigenvalue weighted by molar-refractivity contribution is 5.80. The van der Waals surface area contributed by atoms with E-state index in [0.717, 1.165) is 83.0 Å². The molecule has 3 heterocycles. The van der Waals surface area contributed by atoms with E-state index in [9.17, 15) is 0 Å². The van der Waals surface area contributed by atoms with Gasteiger partial charge in [0.2, 0.25) is 0 Å². The van der Waals surface area contributed by atoms with Gasteiger partial charge in [-0.3, -0.25) is 14.8 Å². The molecule has 174 valence electrons. The Hall–Kier alpha value is -2.62. The molecule has 2 fully saturated rings. The van der Waals surface area contributed by atoms with Crippen molar-refractivity contribution in [1.82, 2.24) is 25.2 Å². The fourth-order valence-corrected chi connectivity index (χ4v) is 4.04. The molecule has 1 N–H and O–H groups in total. The summed E-state index contributed by atoms with van der Waals surface area (Å²) in [5, 5.41) is 7.51. The summed E-state index contributed by atoms with van der Waals surface area (Å²) in [5.41, 5.74) is 2.16. The lowest BCUT2D eigenvalue weighted by Gasteiger charge is -2.36. The van der Waals surface area contributed by atoms with Gasteiger partial charge in [0.25, 0.3) is 0 Å². The summed E-state index contributed by atoms with van der Waals surface area (Å²) in [6.07, 6.45) is 1.63. The van der Waals surface area contributed by atoms with Gasteiger partial charge in [-0.2, -0.15) is 0 Å². The average molecular weight is 443 g/mol. The number of guanidine groups is 1. The van der Waals surface area contributed by atoms with Gasteiger partial charge in [0.15, 0.2) is 5.96 Å². The van der Waals surface area contributed by atoms with Crippen LogP contribution in [0.4, 0.5) is 0 Å². The predicted octanol–water partition coefficient (Wildman–Crippen LogP) is 1.28. The Morgan fingerprint density at radius 3 is 2.69 bits per heavy atom. The first-order valence-electron chi connectivity index (χ1n) is 11.4. The van der Waals surface area contributed by atoms with Crippen LogP contribution in [0.25, 0.3) is 0 Å². The van der Waals surface area contributed by atoms with Gasteiger partial charge in [-0.1, -0.05) is 17.3 Å². The number of aromatic nitrogens is 1. The molecule has 9 nitrogen and oxygen atoms in total. The van der Waals surface area contributed by atoms with Gasteiger partial charge in [-0.25, -0.2) is 0 Å². The van der Waals surface area contributed by atoms with E-state index in [1.165, 1.54) is 5.56 Å². The Morgan fingerprint density at radius 1 is 1.09 bits per heavy atom. The zero-order chi connectivity index (χ0) is 22.0. The molecule has 0 bridgehead atoms. The summed E-state index contributed by atoms with van der Waals surface area (Å²) < 4.78 is 16.3. The summed E-state index contributed by atoms with van der Waals surface area (Å²) in [6.45, 7) is 10.6. The topological polar surface area (TPSA) is 78.6 Å². The fraction of sp³-hybridized carbons (Fsp3) is 0.565. The quantitative estimate of drug-likeness (QED) is 0.484. The van der Waals surface area contributed by atoms with E-state index in [1.807, 2.05) is 25.2 Å². The SMILES string of the molecule is CN=C(NCc1cccc(OCCN2CCOCC2)c1)N1CCN(Cc2ccon2)CC1. The third kappa shape index (κ3) is 6.69. The minimum atomic E-state index is 0.692. The number of aliphatic imine (C=N–C) groups is 1. The van der Waals surface area contributed by atoms with E-state index < -0.39 is 0 Å². The van der Waals surface area contributed by atoms with Crippen LogP contribution in [0, 0.1) is 0 Å². The summed E-state index contributed by atoms with van der Waals surface area (Å²) >= 11 is 0. The van der Waals surface area contributed by atoms with Gasteiger partial charge in [0.1, 0.15) is 18.6 Å². The number of rotatable bonds is 8. The van der Waals surface area contributed by atoms with Gasteiger partial charge < -0.3 is 24.2 Å². The maximum absolute atomic E-state index is 5.99. The number of morpholine rings is 1. The van der Waals surface area contributed by atoms with Gasteiger partial charge in [0.05, 0.1) is 18.9 Å². The summed E-state index contributed by atoms with van der Waals surface area (Å²) in [4.78, 5) is 11.6. The van der Waals surface area contributed by atoms with Crippen molar-refractivity contribution >= 4 is 5.96 Å². The zero-order valence-corrected chi connectivity index (χ0v) is 18.9. The lowest BCUT2D eigenvalue weighted by molar-refractivity contribution is 0.0322. The van der Waals surface area contributed by atoms with Crippen LogP contribution in [0.5, 0.6) is 5.75 Å². The Bertz CT molecular complexity index is 830. The highest BCUT2D eigenvalue weighted by atomic mass is 16.5. The molecule has 0 radical (unpaired) electrons. The smallest absolute Gasteiger partial charge is 0.194 e. The van der Waals surface area contributed by atoms with Crippen LogP contribution in [0.2, 0.25) is 0 Å². The predicted molar refractivity (Wildman–Crippen MR) is 123 cm³/mol. The van der Waals surface area contributed by atoms with Crippen LogP contribution < -0.4 is 10.1 Å². The molecule has 1 aromatic carbocycles. The van der Waals surface area contributed by atoms with Gasteiger partial charge >= 0.3 is 0 Å². The maximum Gasteiger partial charge on any atom is 0.194 e. The molecule has 32 heavy (non-hydrogen) atoms. The lowest BCUT2D eigenvalue weighted by Crippen LogP contribution is -2.52. The van der Waals surface area contributed by atoms with Crippen LogP contribution >= 0.6 is 0 Å². The normalized spacial score (nSPS) is 18.7. The number of hydrogen-bond donors (Lipinski definition) is 1. The molecule has 0 saturated carbocycles. The third-order valence-electron chi connectivity index (χ3n) is 5.89. The highest BCUT2D eigenvalue weighted by Crippen LogP contribution is 2.14. The van der Waals surface area contributed by atoms with Crippen molar-refractivity contribution < 1.29 is 14.0 Å². The molecule has 2 aliphatic rings. The molecule has 0 atom stereocenters. The lowest BCUT2D eigenvalue weighted by atomic mass is 10.2. The van der Waals surface area contributed by atoms with Crippen LogP contribution in [0.15, 0.2) is 46.1 Å². The Labute approximate surface area is 190 Å². The van der Waals surface area contributed by atoms with Crippen molar-refractivity contribution in [3.63, 3.8) is 0 Å².